The fourth-order valence-corrected chi connectivity index (χ4v) is 1.64. The van der Waals surface area contributed by atoms with Crippen LogP contribution in [0.25, 0.3) is 0 Å². The first kappa shape index (κ1) is 15.6. The van der Waals surface area contributed by atoms with E-state index in [0.717, 1.165) is 6.42 Å². The van der Waals surface area contributed by atoms with Gasteiger partial charge in [0.25, 0.3) is 0 Å². The molecule has 0 atom stereocenters. The maximum absolute atomic E-state index is 11.5. The first-order chi connectivity index (χ1) is 9.04. The van der Waals surface area contributed by atoms with Gasteiger partial charge in [-0.3, -0.25) is 10.1 Å². The van der Waals surface area contributed by atoms with Gasteiger partial charge in [0.2, 0.25) is 5.91 Å². The second kappa shape index (κ2) is 7.86. The summed E-state index contributed by atoms with van der Waals surface area (Å²) in [6, 6.07) is 4.54. The summed E-state index contributed by atoms with van der Waals surface area (Å²) in [5.74, 6) is -0.454. The molecule has 0 heterocycles. The Hall–Kier alpha value is -1.46. The number of anilines is 1. The molecule has 19 heavy (non-hydrogen) atoms. The van der Waals surface area contributed by atoms with Gasteiger partial charge in [0.05, 0.1) is 22.3 Å². The average molecular weight is 304 g/mol. The smallest absolute Gasteiger partial charge is 0.321 e. The van der Waals surface area contributed by atoms with Crippen molar-refractivity contribution in [2.45, 2.75) is 13.3 Å². The number of halogens is 2. The van der Waals surface area contributed by atoms with Crippen molar-refractivity contribution >= 4 is 40.8 Å². The van der Waals surface area contributed by atoms with Gasteiger partial charge >= 0.3 is 6.03 Å². The Balaban J connectivity index is 2.42. The highest BCUT2D eigenvalue weighted by Gasteiger charge is 2.08. The Kier molecular flexibility index (Phi) is 6.45. The van der Waals surface area contributed by atoms with E-state index in [1.807, 2.05) is 6.92 Å². The summed E-state index contributed by atoms with van der Waals surface area (Å²) in [5, 5.41) is 8.27. The zero-order chi connectivity index (χ0) is 14.3. The van der Waals surface area contributed by atoms with E-state index in [1.54, 1.807) is 18.2 Å². The second-order valence-electron chi connectivity index (χ2n) is 3.76. The molecule has 0 saturated heterocycles. The van der Waals surface area contributed by atoms with E-state index in [1.165, 1.54) is 0 Å². The van der Waals surface area contributed by atoms with E-state index in [4.69, 9.17) is 23.2 Å². The second-order valence-corrected chi connectivity index (χ2v) is 4.54. The molecule has 0 radical (unpaired) electrons. The first-order valence-corrected chi connectivity index (χ1v) is 6.55. The van der Waals surface area contributed by atoms with Crippen LogP contribution in [0.3, 0.4) is 0 Å². The highest BCUT2D eigenvalue weighted by molar-refractivity contribution is 6.43. The molecule has 104 valence electrons. The molecule has 3 amide bonds. The van der Waals surface area contributed by atoms with Crippen molar-refractivity contribution in [2.75, 3.05) is 18.4 Å². The fourth-order valence-electron chi connectivity index (χ4n) is 1.27. The van der Waals surface area contributed by atoms with Gasteiger partial charge in [-0.1, -0.05) is 36.2 Å². The zero-order valence-corrected chi connectivity index (χ0v) is 11.9. The molecule has 0 bridgehead atoms. The summed E-state index contributed by atoms with van der Waals surface area (Å²) in [6.45, 7) is 2.37. The largest absolute Gasteiger partial charge is 0.375 e. The summed E-state index contributed by atoms with van der Waals surface area (Å²) in [7, 11) is 0. The molecule has 0 aliphatic rings. The van der Waals surface area contributed by atoms with E-state index >= 15 is 0 Å². The van der Waals surface area contributed by atoms with Crippen LogP contribution in [-0.2, 0) is 4.79 Å². The number of amides is 3. The number of nitrogens with one attached hydrogen (secondary N) is 3. The van der Waals surface area contributed by atoms with Gasteiger partial charge in [-0.2, -0.15) is 0 Å². The predicted octanol–water partition coefficient (Wildman–Crippen LogP) is 2.64. The van der Waals surface area contributed by atoms with Crippen molar-refractivity contribution in [2.24, 2.45) is 0 Å². The summed E-state index contributed by atoms with van der Waals surface area (Å²) in [5.41, 5.74) is 0.540. The summed E-state index contributed by atoms with van der Waals surface area (Å²) >= 11 is 11.8. The molecule has 1 rings (SSSR count). The molecule has 0 unspecified atom stereocenters. The maximum Gasteiger partial charge on any atom is 0.321 e. The van der Waals surface area contributed by atoms with E-state index in [9.17, 15) is 9.59 Å². The lowest BCUT2D eigenvalue weighted by Gasteiger charge is -2.09. The number of rotatable bonds is 5. The fraction of sp³-hybridized carbons (Fsp3) is 0.333. The number of hydrogen-bond donors (Lipinski definition) is 3. The molecule has 0 spiro atoms. The van der Waals surface area contributed by atoms with Crippen LogP contribution in [0.4, 0.5) is 10.5 Å². The summed E-state index contributed by atoms with van der Waals surface area (Å²) in [4.78, 5) is 22.7. The van der Waals surface area contributed by atoms with Crippen molar-refractivity contribution in [3.05, 3.63) is 28.2 Å². The Bertz CT molecular complexity index is 466. The molecule has 1 aromatic carbocycles. The topological polar surface area (TPSA) is 70.2 Å². The summed E-state index contributed by atoms with van der Waals surface area (Å²) < 4.78 is 0. The number of carbonyl (C=O) groups excluding carboxylic acids is 2. The minimum Gasteiger partial charge on any atom is -0.375 e. The predicted molar refractivity (Wildman–Crippen MR) is 76.8 cm³/mol. The third-order valence-corrected chi connectivity index (χ3v) is 3.00. The minimum absolute atomic E-state index is 0.0698. The normalized spacial score (nSPS) is 9.84. The van der Waals surface area contributed by atoms with E-state index in [0.29, 0.717) is 22.3 Å². The Morgan fingerprint density at radius 1 is 1.26 bits per heavy atom. The zero-order valence-electron chi connectivity index (χ0n) is 10.4. The van der Waals surface area contributed by atoms with Crippen LogP contribution in [0, 0.1) is 0 Å². The molecular weight excluding hydrogens is 289 g/mol. The molecule has 0 fully saturated rings. The number of urea groups is 1. The van der Waals surface area contributed by atoms with Gasteiger partial charge in [-0.05, 0) is 18.6 Å². The van der Waals surface area contributed by atoms with Gasteiger partial charge < -0.3 is 10.6 Å². The Labute approximate surface area is 121 Å². The quantitative estimate of drug-likeness (QED) is 0.783. The van der Waals surface area contributed by atoms with Crippen molar-refractivity contribution in [3.63, 3.8) is 0 Å². The number of benzene rings is 1. The minimum atomic E-state index is -0.508. The van der Waals surface area contributed by atoms with Gasteiger partial charge in [-0.15, -0.1) is 0 Å². The highest BCUT2D eigenvalue weighted by Crippen LogP contribution is 2.29. The Morgan fingerprint density at radius 2 is 2.00 bits per heavy atom. The number of imide groups is 1. The van der Waals surface area contributed by atoms with Gasteiger partial charge in [-0.25, -0.2) is 4.79 Å². The third-order valence-electron chi connectivity index (χ3n) is 2.18. The van der Waals surface area contributed by atoms with Gasteiger partial charge in [0.1, 0.15) is 0 Å². The molecule has 5 nitrogen and oxygen atoms in total. The third kappa shape index (κ3) is 5.36. The van der Waals surface area contributed by atoms with Crippen molar-refractivity contribution < 1.29 is 9.59 Å². The number of hydrogen-bond acceptors (Lipinski definition) is 3. The van der Waals surface area contributed by atoms with Crippen LogP contribution in [0.5, 0.6) is 0 Å². The summed E-state index contributed by atoms with van der Waals surface area (Å²) in [6.07, 6.45) is 0.804. The average Bonchev–Trinajstić information content (AvgIpc) is 2.38. The van der Waals surface area contributed by atoms with E-state index in [2.05, 4.69) is 16.0 Å². The van der Waals surface area contributed by atoms with Gasteiger partial charge in [0, 0.05) is 6.54 Å². The van der Waals surface area contributed by atoms with Crippen LogP contribution < -0.4 is 16.0 Å². The molecule has 7 heteroatoms. The highest BCUT2D eigenvalue weighted by atomic mass is 35.5. The maximum atomic E-state index is 11.5. The lowest BCUT2D eigenvalue weighted by Crippen LogP contribution is -2.42. The SMILES string of the molecule is CCCNC(=O)NC(=O)CNc1cccc(Cl)c1Cl. The first-order valence-electron chi connectivity index (χ1n) is 5.80. The van der Waals surface area contributed by atoms with Crippen LogP contribution in [-0.4, -0.2) is 25.0 Å². The monoisotopic (exact) mass is 303 g/mol. The van der Waals surface area contributed by atoms with Crippen LogP contribution in [0.2, 0.25) is 10.0 Å². The van der Waals surface area contributed by atoms with Crippen molar-refractivity contribution in [3.8, 4) is 0 Å². The van der Waals surface area contributed by atoms with Gasteiger partial charge in [0.15, 0.2) is 0 Å². The standard InChI is InChI=1S/C12H15Cl2N3O2/c1-2-6-15-12(19)17-10(18)7-16-9-5-3-4-8(13)11(9)14/h3-5,16H,2,6-7H2,1H3,(H2,15,17,18,19). The van der Waals surface area contributed by atoms with E-state index in [-0.39, 0.29) is 6.54 Å². The molecular formula is C12H15Cl2N3O2. The molecule has 1 aromatic rings. The Morgan fingerprint density at radius 3 is 2.68 bits per heavy atom. The molecule has 3 N–H and O–H groups in total. The van der Waals surface area contributed by atoms with Crippen LogP contribution in [0.1, 0.15) is 13.3 Å². The molecule has 0 aromatic heterocycles. The van der Waals surface area contributed by atoms with Crippen LogP contribution in [0.15, 0.2) is 18.2 Å². The van der Waals surface area contributed by atoms with Crippen molar-refractivity contribution in [1.29, 1.82) is 0 Å². The lowest BCUT2D eigenvalue weighted by atomic mass is 10.3. The number of carbonyl (C=O) groups is 2. The molecule has 0 aliphatic carbocycles. The van der Waals surface area contributed by atoms with Crippen LogP contribution >= 0.6 is 23.2 Å². The van der Waals surface area contributed by atoms with E-state index < -0.39 is 11.9 Å². The lowest BCUT2D eigenvalue weighted by molar-refractivity contribution is -0.118. The van der Waals surface area contributed by atoms with Crippen molar-refractivity contribution in [1.82, 2.24) is 10.6 Å². The molecule has 0 aliphatic heterocycles. The molecule has 0 saturated carbocycles.